The SMILES string of the molecule is Cc1ccn(-c2ccc([C@H](C)O)nc2)n1. The van der Waals surface area contributed by atoms with Gasteiger partial charge in [-0.25, -0.2) is 4.68 Å². The zero-order chi connectivity index (χ0) is 10.8. The fourth-order valence-corrected chi connectivity index (χ4v) is 1.34. The lowest BCUT2D eigenvalue weighted by Crippen LogP contribution is -1.99. The van der Waals surface area contributed by atoms with E-state index in [1.165, 1.54) is 0 Å². The second kappa shape index (κ2) is 3.82. The summed E-state index contributed by atoms with van der Waals surface area (Å²) in [5.41, 5.74) is 2.53. The summed E-state index contributed by atoms with van der Waals surface area (Å²) in [5.74, 6) is 0. The van der Waals surface area contributed by atoms with Gasteiger partial charge in [0.15, 0.2) is 0 Å². The molecule has 0 aromatic carbocycles. The van der Waals surface area contributed by atoms with Crippen LogP contribution < -0.4 is 0 Å². The quantitative estimate of drug-likeness (QED) is 0.807. The molecule has 0 saturated carbocycles. The van der Waals surface area contributed by atoms with Gasteiger partial charge in [0.1, 0.15) is 0 Å². The lowest BCUT2D eigenvalue weighted by molar-refractivity contribution is 0.194. The Kier molecular flexibility index (Phi) is 2.51. The number of aliphatic hydroxyl groups excluding tert-OH is 1. The Balaban J connectivity index is 2.31. The average molecular weight is 203 g/mol. The maximum absolute atomic E-state index is 9.30. The van der Waals surface area contributed by atoms with E-state index in [0.29, 0.717) is 5.69 Å². The first-order chi connectivity index (χ1) is 7.16. The van der Waals surface area contributed by atoms with Crippen LogP contribution in [0.25, 0.3) is 5.69 Å². The third kappa shape index (κ3) is 2.05. The number of aryl methyl sites for hydroxylation is 1. The molecule has 2 aromatic rings. The summed E-state index contributed by atoms with van der Waals surface area (Å²) in [7, 11) is 0. The third-order valence-corrected chi connectivity index (χ3v) is 2.19. The summed E-state index contributed by atoms with van der Waals surface area (Å²) in [5, 5.41) is 13.6. The Morgan fingerprint density at radius 3 is 2.60 bits per heavy atom. The van der Waals surface area contributed by atoms with Crippen molar-refractivity contribution in [3.05, 3.63) is 42.0 Å². The van der Waals surface area contributed by atoms with Crippen molar-refractivity contribution in [2.75, 3.05) is 0 Å². The minimum atomic E-state index is -0.529. The Morgan fingerprint density at radius 2 is 2.13 bits per heavy atom. The van der Waals surface area contributed by atoms with E-state index in [9.17, 15) is 5.11 Å². The number of aromatic nitrogens is 3. The van der Waals surface area contributed by atoms with Crippen molar-refractivity contribution >= 4 is 0 Å². The molecule has 4 heteroatoms. The van der Waals surface area contributed by atoms with Gasteiger partial charge in [-0.2, -0.15) is 5.10 Å². The Bertz CT molecular complexity index is 445. The molecule has 1 N–H and O–H groups in total. The van der Waals surface area contributed by atoms with E-state index < -0.39 is 6.10 Å². The van der Waals surface area contributed by atoms with Crippen LogP contribution in [0.15, 0.2) is 30.6 Å². The molecule has 2 heterocycles. The number of pyridine rings is 1. The third-order valence-electron chi connectivity index (χ3n) is 2.19. The molecule has 0 saturated heterocycles. The maximum Gasteiger partial charge on any atom is 0.0931 e. The van der Waals surface area contributed by atoms with Crippen LogP contribution in [0.2, 0.25) is 0 Å². The maximum atomic E-state index is 9.30. The number of hydrogen-bond acceptors (Lipinski definition) is 3. The molecule has 0 bridgehead atoms. The zero-order valence-electron chi connectivity index (χ0n) is 8.75. The second-order valence-corrected chi connectivity index (χ2v) is 3.52. The van der Waals surface area contributed by atoms with Gasteiger partial charge in [-0.15, -0.1) is 0 Å². The van der Waals surface area contributed by atoms with Crippen molar-refractivity contribution < 1.29 is 5.11 Å². The minimum Gasteiger partial charge on any atom is -0.387 e. The second-order valence-electron chi connectivity index (χ2n) is 3.52. The molecular formula is C11H13N3O. The van der Waals surface area contributed by atoms with Gasteiger partial charge >= 0.3 is 0 Å². The predicted molar refractivity (Wildman–Crippen MR) is 56.7 cm³/mol. The average Bonchev–Trinajstić information content (AvgIpc) is 2.65. The van der Waals surface area contributed by atoms with Gasteiger partial charge in [-0.05, 0) is 32.0 Å². The Morgan fingerprint density at radius 1 is 1.33 bits per heavy atom. The largest absolute Gasteiger partial charge is 0.387 e. The molecule has 0 amide bonds. The molecule has 0 fully saturated rings. The van der Waals surface area contributed by atoms with Crippen molar-refractivity contribution in [3.8, 4) is 5.69 Å². The summed E-state index contributed by atoms with van der Waals surface area (Å²) in [4.78, 5) is 4.15. The normalized spacial score (nSPS) is 12.7. The van der Waals surface area contributed by atoms with E-state index in [1.807, 2.05) is 25.3 Å². The van der Waals surface area contributed by atoms with Crippen molar-refractivity contribution in [1.29, 1.82) is 0 Å². The fourth-order valence-electron chi connectivity index (χ4n) is 1.34. The highest BCUT2D eigenvalue weighted by Crippen LogP contribution is 2.11. The molecule has 0 spiro atoms. The van der Waals surface area contributed by atoms with Crippen molar-refractivity contribution in [1.82, 2.24) is 14.8 Å². The number of aliphatic hydroxyl groups is 1. The van der Waals surface area contributed by atoms with Crippen LogP contribution in [0.3, 0.4) is 0 Å². The van der Waals surface area contributed by atoms with Crippen molar-refractivity contribution in [2.24, 2.45) is 0 Å². The van der Waals surface area contributed by atoms with Crippen LogP contribution in [0.4, 0.5) is 0 Å². The van der Waals surface area contributed by atoms with Gasteiger partial charge in [0.25, 0.3) is 0 Å². The van der Waals surface area contributed by atoms with E-state index in [2.05, 4.69) is 10.1 Å². The lowest BCUT2D eigenvalue weighted by Gasteiger charge is -2.05. The van der Waals surface area contributed by atoms with E-state index in [-0.39, 0.29) is 0 Å². The summed E-state index contributed by atoms with van der Waals surface area (Å²) in [6.07, 6.45) is 3.06. The minimum absolute atomic E-state index is 0.529. The van der Waals surface area contributed by atoms with Gasteiger partial charge in [-0.1, -0.05) is 0 Å². The molecule has 1 atom stereocenters. The first-order valence-electron chi connectivity index (χ1n) is 4.83. The molecule has 0 radical (unpaired) electrons. The summed E-state index contributed by atoms with van der Waals surface area (Å²) in [6.45, 7) is 3.63. The van der Waals surface area contributed by atoms with E-state index >= 15 is 0 Å². The first-order valence-corrected chi connectivity index (χ1v) is 4.83. The summed E-state index contributed by atoms with van der Waals surface area (Å²) >= 11 is 0. The monoisotopic (exact) mass is 203 g/mol. The number of hydrogen-bond donors (Lipinski definition) is 1. The zero-order valence-corrected chi connectivity index (χ0v) is 8.75. The Hall–Kier alpha value is -1.68. The highest BCUT2D eigenvalue weighted by molar-refractivity contribution is 5.29. The van der Waals surface area contributed by atoms with E-state index in [4.69, 9.17) is 0 Å². The molecule has 0 aliphatic carbocycles. The topological polar surface area (TPSA) is 50.9 Å². The number of nitrogens with zero attached hydrogens (tertiary/aromatic N) is 3. The fraction of sp³-hybridized carbons (Fsp3) is 0.273. The molecule has 0 aliphatic heterocycles. The lowest BCUT2D eigenvalue weighted by atomic mass is 10.2. The van der Waals surface area contributed by atoms with Gasteiger partial charge in [0, 0.05) is 6.20 Å². The molecular weight excluding hydrogens is 190 g/mol. The molecule has 78 valence electrons. The van der Waals surface area contributed by atoms with Crippen molar-refractivity contribution in [3.63, 3.8) is 0 Å². The highest BCUT2D eigenvalue weighted by atomic mass is 16.3. The standard InChI is InChI=1S/C11H13N3O/c1-8-5-6-14(13-8)10-3-4-11(9(2)15)12-7-10/h3-7,9,15H,1-2H3/t9-/m0/s1. The summed E-state index contributed by atoms with van der Waals surface area (Å²) < 4.78 is 1.76. The van der Waals surface area contributed by atoms with Gasteiger partial charge in [0.2, 0.25) is 0 Å². The van der Waals surface area contributed by atoms with Crippen LogP contribution in [0.5, 0.6) is 0 Å². The van der Waals surface area contributed by atoms with E-state index in [1.54, 1.807) is 23.9 Å². The molecule has 0 aliphatic rings. The van der Waals surface area contributed by atoms with Crippen LogP contribution in [-0.4, -0.2) is 19.9 Å². The van der Waals surface area contributed by atoms with Crippen molar-refractivity contribution in [2.45, 2.75) is 20.0 Å². The number of rotatable bonds is 2. The van der Waals surface area contributed by atoms with Gasteiger partial charge in [0.05, 0.1) is 29.4 Å². The smallest absolute Gasteiger partial charge is 0.0931 e. The van der Waals surface area contributed by atoms with Crippen LogP contribution in [0.1, 0.15) is 24.4 Å². The van der Waals surface area contributed by atoms with Crippen LogP contribution in [0, 0.1) is 6.92 Å². The summed E-state index contributed by atoms with van der Waals surface area (Å²) in [6, 6.07) is 5.63. The van der Waals surface area contributed by atoms with Gasteiger partial charge in [-0.3, -0.25) is 4.98 Å². The molecule has 4 nitrogen and oxygen atoms in total. The molecule has 15 heavy (non-hydrogen) atoms. The first kappa shape index (κ1) is 9.86. The van der Waals surface area contributed by atoms with Crippen LogP contribution >= 0.6 is 0 Å². The Labute approximate surface area is 88.2 Å². The van der Waals surface area contributed by atoms with Crippen LogP contribution in [-0.2, 0) is 0 Å². The molecule has 2 rings (SSSR count). The van der Waals surface area contributed by atoms with E-state index in [0.717, 1.165) is 11.4 Å². The van der Waals surface area contributed by atoms with Gasteiger partial charge < -0.3 is 5.11 Å². The highest BCUT2D eigenvalue weighted by Gasteiger charge is 2.03. The molecule has 0 unspecified atom stereocenters. The predicted octanol–water partition coefficient (Wildman–Crippen LogP) is 1.63. The molecule has 2 aromatic heterocycles.